The summed E-state index contributed by atoms with van der Waals surface area (Å²) < 4.78 is 1.99. The lowest BCUT2D eigenvalue weighted by molar-refractivity contribution is 0.279. The van der Waals surface area contributed by atoms with Gasteiger partial charge in [0, 0.05) is 6.04 Å². The first-order valence-electron chi connectivity index (χ1n) is 4.97. The first kappa shape index (κ1) is 8.69. The molecule has 2 rings (SSSR count). The van der Waals surface area contributed by atoms with Crippen LogP contribution in [0.15, 0.2) is 12.7 Å². The van der Waals surface area contributed by atoms with Crippen molar-refractivity contribution in [3.63, 3.8) is 0 Å². The van der Waals surface area contributed by atoms with E-state index >= 15 is 0 Å². The zero-order valence-corrected chi connectivity index (χ0v) is 7.98. The standard InChI is InChI=1S/C9H16N4/c1-2-8-5-9(3-4-11-8)13-7-10-6-12-13/h6-9,11H,2-5H2,1H3. The molecule has 1 saturated heterocycles. The Labute approximate surface area is 78.4 Å². The van der Waals surface area contributed by atoms with Gasteiger partial charge in [0.25, 0.3) is 0 Å². The van der Waals surface area contributed by atoms with Crippen LogP contribution in [0.25, 0.3) is 0 Å². The van der Waals surface area contributed by atoms with Crippen LogP contribution in [-0.2, 0) is 0 Å². The van der Waals surface area contributed by atoms with Gasteiger partial charge in [0.2, 0.25) is 0 Å². The number of aromatic nitrogens is 3. The third-order valence-corrected chi connectivity index (χ3v) is 2.77. The molecule has 1 aliphatic rings. The molecule has 0 spiro atoms. The van der Waals surface area contributed by atoms with Crippen molar-refractivity contribution in [1.82, 2.24) is 20.1 Å². The largest absolute Gasteiger partial charge is 0.314 e. The molecule has 1 fully saturated rings. The van der Waals surface area contributed by atoms with Gasteiger partial charge in [-0.15, -0.1) is 0 Å². The van der Waals surface area contributed by atoms with Crippen molar-refractivity contribution in [2.45, 2.75) is 38.3 Å². The molecule has 0 amide bonds. The fourth-order valence-electron chi connectivity index (χ4n) is 1.94. The summed E-state index contributed by atoms with van der Waals surface area (Å²) in [5.74, 6) is 0. The second kappa shape index (κ2) is 3.87. The lowest BCUT2D eigenvalue weighted by Gasteiger charge is -2.29. The molecule has 0 radical (unpaired) electrons. The maximum atomic E-state index is 4.19. The van der Waals surface area contributed by atoms with E-state index in [9.17, 15) is 0 Å². The average Bonchev–Trinajstić information content (AvgIpc) is 2.71. The summed E-state index contributed by atoms with van der Waals surface area (Å²) in [4.78, 5) is 3.98. The zero-order valence-electron chi connectivity index (χ0n) is 7.98. The second-order valence-electron chi connectivity index (χ2n) is 3.61. The number of nitrogens with zero attached hydrogens (tertiary/aromatic N) is 3. The van der Waals surface area contributed by atoms with E-state index in [0.717, 1.165) is 6.54 Å². The summed E-state index contributed by atoms with van der Waals surface area (Å²) in [6.45, 7) is 3.32. The molecule has 1 aliphatic heterocycles. The first-order valence-corrected chi connectivity index (χ1v) is 4.97. The predicted octanol–water partition coefficient (Wildman–Crippen LogP) is 0.981. The van der Waals surface area contributed by atoms with E-state index in [4.69, 9.17) is 0 Å². The Kier molecular flexibility index (Phi) is 2.59. The van der Waals surface area contributed by atoms with Gasteiger partial charge in [-0.05, 0) is 25.8 Å². The molecule has 2 unspecified atom stereocenters. The van der Waals surface area contributed by atoms with Crippen LogP contribution in [0.5, 0.6) is 0 Å². The molecule has 1 aromatic rings. The summed E-state index contributed by atoms with van der Waals surface area (Å²) >= 11 is 0. The third kappa shape index (κ3) is 1.88. The molecule has 4 nitrogen and oxygen atoms in total. The topological polar surface area (TPSA) is 42.7 Å². The molecule has 0 saturated carbocycles. The maximum Gasteiger partial charge on any atom is 0.137 e. The average molecular weight is 180 g/mol. The van der Waals surface area contributed by atoms with Gasteiger partial charge in [-0.3, -0.25) is 0 Å². The Morgan fingerprint density at radius 1 is 1.62 bits per heavy atom. The summed E-state index contributed by atoms with van der Waals surface area (Å²) in [5, 5.41) is 7.69. The second-order valence-corrected chi connectivity index (χ2v) is 3.61. The Morgan fingerprint density at radius 2 is 2.54 bits per heavy atom. The summed E-state index contributed by atoms with van der Waals surface area (Å²) in [6.07, 6.45) is 6.98. The highest BCUT2D eigenvalue weighted by molar-refractivity contribution is 4.81. The normalized spacial score (nSPS) is 29.0. The third-order valence-electron chi connectivity index (χ3n) is 2.77. The minimum absolute atomic E-state index is 0.550. The molecular weight excluding hydrogens is 164 g/mol. The smallest absolute Gasteiger partial charge is 0.137 e. The van der Waals surface area contributed by atoms with Crippen molar-refractivity contribution >= 4 is 0 Å². The fraction of sp³-hybridized carbons (Fsp3) is 0.778. The van der Waals surface area contributed by atoms with Crippen LogP contribution in [0.2, 0.25) is 0 Å². The van der Waals surface area contributed by atoms with Crippen LogP contribution in [0.4, 0.5) is 0 Å². The van der Waals surface area contributed by atoms with Crippen molar-refractivity contribution in [2.75, 3.05) is 6.54 Å². The molecule has 2 heterocycles. The van der Waals surface area contributed by atoms with Gasteiger partial charge >= 0.3 is 0 Å². The van der Waals surface area contributed by atoms with Crippen LogP contribution in [0, 0.1) is 0 Å². The number of nitrogens with one attached hydrogen (secondary N) is 1. The van der Waals surface area contributed by atoms with Crippen molar-refractivity contribution in [1.29, 1.82) is 0 Å². The number of hydrogen-bond acceptors (Lipinski definition) is 3. The molecule has 0 aliphatic carbocycles. The minimum Gasteiger partial charge on any atom is -0.314 e. The molecule has 4 heteroatoms. The van der Waals surface area contributed by atoms with Gasteiger partial charge in [-0.25, -0.2) is 9.67 Å². The van der Waals surface area contributed by atoms with Gasteiger partial charge in [0.05, 0.1) is 6.04 Å². The first-order chi connectivity index (χ1) is 6.40. The quantitative estimate of drug-likeness (QED) is 0.737. The molecule has 2 atom stereocenters. The van der Waals surface area contributed by atoms with E-state index in [0.29, 0.717) is 12.1 Å². The highest BCUT2D eigenvalue weighted by Crippen LogP contribution is 2.21. The van der Waals surface area contributed by atoms with Crippen molar-refractivity contribution in [3.8, 4) is 0 Å². The molecule has 13 heavy (non-hydrogen) atoms. The molecule has 0 aromatic carbocycles. The molecule has 0 bridgehead atoms. The Bertz CT molecular complexity index is 244. The summed E-state index contributed by atoms with van der Waals surface area (Å²) in [5.41, 5.74) is 0. The number of hydrogen-bond donors (Lipinski definition) is 1. The molecule has 72 valence electrons. The van der Waals surface area contributed by atoms with Crippen LogP contribution < -0.4 is 5.32 Å². The van der Waals surface area contributed by atoms with Gasteiger partial charge in [-0.1, -0.05) is 6.92 Å². The van der Waals surface area contributed by atoms with E-state index in [1.807, 2.05) is 11.0 Å². The molecular formula is C9H16N4. The van der Waals surface area contributed by atoms with E-state index in [2.05, 4.69) is 22.3 Å². The van der Waals surface area contributed by atoms with Crippen molar-refractivity contribution < 1.29 is 0 Å². The zero-order chi connectivity index (χ0) is 9.10. The van der Waals surface area contributed by atoms with E-state index in [1.54, 1.807) is 6.33 Å². The number of piperidine rings is 1. The van der Waals surface area contributed by atoms with Crippen molar-refractivity contribution in [2.24, 2.45) is 0 Å². The van der Waals surface area contributed by atoms with E-state index in [-0.39, 0.29) is 0 Å². The van der Waals surface area contributed by atoms with Gasteiger partial charge in [-0.2, -0.15) is 5.10 Å². The number of rotatable bonds is 2. The maximum absolute atomic E-state index is 4.19. The van der Waals surface area contributed by atoms with Crippen LogP contribution in [0.1, 0.15) is 32.2 Å². The SMILES string of the molecule is CCC1CC(n2cncn2)CCN1. The van der Waals surface area contributed by atoms with Crippen LogP contribution >= 0.6 is 0 Å². The lowest BCUT2D eigenvalue weighted by atomic mass is 9.98. The monoisotopic (exact) mass is 180 g/mol. The van der Waals surface area contributed by atoms with E-state index < -0.39 is 0 Å². The highest BCUT2D eigenvalue weighted by atomic mass is 15.3. The molecule has 1 N–H and O–H groups in total. The minimum atomic E-state index is 0.550. The van der Waals surface area contributed by atoms with Crippen LogP contribution in [-0.4, -0.2) is 27.4 Å². The Hall–Kier alpha value is -0.900. The molecule has 1 aromatic heterocycles. The van der Waals surface area contributed by atoms with Gasteiger partial charge < -0.3 is 5.32 Å². The Balaban J connectivity index is 2.00. The Morgan fingerprint density at radius 3 is 3.23 bits per heavy atom. The fourth-order valence-corrected chi connectivity index (χ4v) is 1.94. The van der Waals surface area contributed by atoms with Gasteiger partial charge in [0.15, 0.2) is 0 Å². The lowest BCUT2D eigenvalue weighted by Crippen LogP contribution is -2.38. The summed E-state index contributed by atoms with van der Waals surface area (Å²) in [7, 11) is 0. The predicted molar refractivity (Wildman–Crippen MR) is 50.4 cm³/mol. The highest BCUT2D eigenvalue weighted by Gasteiger charge is 2.21. The summed E-state index contributed by atoms with van der Waals surface area (Å²) in [6, 6.07) is 1.21. The van der Waals surface area contributed by atoms with Crippen molar-refractivity contribution in [3.05, 3.63) is 12.7 Å². The van der Waals surface area contributed by atoms with E-state index in [1.165, 1.54) is 19.3 Å². The van der Waals surface area contributed by atoms with Gasteiger partial charge in [0.1, 0.15) is 12.7 Å². The van der Waals surface area contributed by atoms with Crippen LogP contribution in [0.3, 0.4) is 0 Å².